The van der Waals surface area contributed by atoms with E-state index in [0.29, 0.717) is 11.7 Å². The number of fused-ring (bicyclic) bond motifs is 3. The molecule has 0 radical (unpaired) electrons. The minimum atomic E-state index is 0.463. The molecule has 2 bridgehead atoms. The summed E-state index contributed by atoms with van der Waals surface area (Å²) in [6.07, 6.45) is 5.92. The lowest BCUT2D eigenvalue weighted by Gasteiger charge is -2.40. The zero-order valence-corrected chi connectivity index (χ0v) is 7.18. The van der Waals surface area contributed by atoms with E-state index in [9.17, 15) is 4.79 Å². The predicted octanol–water partition coefficient (Wildman–Crippen LogP) is 2.40. The third kappa shape index (κ3) is 1.11. The summed E-state index contributed by atoms with van der Waals surface area (Å²) in [4.78, 5) is 11.3. The van der Waals surface area contributed by atoms with Gasteiger partial charge in [-0.25, -0.2) is 0 Å². The summed E-state index contributed by atoms with van der Waals surface area (Å²) in [5, 5.41) is 0. The van der Waals surface area contributed by atoms with E-state index in [1.165, 1.54) is 25.7 Å². The second-order valence-corrected chi connectivity index (χ2v) is 4.11. The van der Waals surface area contributed by atoms with Gasteiger partial charge in [0.15, 0.2) is 0 Å². The van der Waals surface area contributed by atoms with Gasteiger partial charge in [-0.05, 0) is 31.1 Å². The third-order valence-corrected chi connectivity index (χ3v) is 3.58. The lowest BCUT2D eigenvalue weighted by atomic mass is 9.63. The van der Waals surface area contributed by atoms with Gasteiger partial charge in [0.2, 0.25) is 0 Å². The molecule has 3 unspecified atom stereocenters. The maximum atomic E-state index is 11.3. The van der Waals surface area contributed by atoms with Crippen LogP contribution < -0.4 is 0 Å². The van der Waals surface area contributed by atoms with Crippen molar-refractivity contribution < 1.29 is 4.79 Å². The summed E-state index contributed by atoms with van der Waals surface area (Å²) >= 11 is 0. The monoisotopic (exact) mass is 152 g/mol. The molecule has 1 nitrogen and oxygen atoms in total. The van der Waals surface area contributed by atoms with Gasteiger partial charge in [0.05, 0.1) is 0 Å². The fourth-order valence-electron chi connectivity index (χ4n) is 2.81. The van der Waals surface area contributed by atoms with Crippen molar-refractivity contribution in [1.29, 1.82) is 0 Å². The molecule has 3 rings (SSSR count). The molecule has 0 aromatic heterocycles. The molecule has 3 atom stereocenters. The Hall–Kier alpha value is -0.330. The van der Waals surface area contributed by atoms with E-state index in [4.69, 9.17) is 0 Å². The molecule has 3 fully saturated rings. The van der Waals surface area contributed by atoms with E-state index in [-0.39, 0.29) is 0 Å². The summed E-state index contributed by atoms with van der Waals surface area (Å²) in [5.74, 6) is 2.67. The first-order valence-electron chi connectivity index (χ1n) is 4.84. The van der Waals surface area contributed by atoms with Gasteiger partial charge < -0.3 is 0 Å². The van der Waals surface area contributed by atoms with Crippen LogP contribution in [0.4, 0.5) is 0 Å². The third-order valence-electron chi connectivity index (χ3n) is 3.58. The van der Waals surface area contributed by atoms with Crippen molar-refractivity contribution in [3.8, 4) is 0 Å². The van der Waals surface area contributed by atoms with Crippen molar-refractivity contribution in [2.75, 3.05) is 0 Å². The number of hydrogen-bond donors (Lipinski definition) is 0. The van der Waals surface area contributed by atoms with E-state index in [1.54, 1.807) is 0 Å². The Labute approximate surface area is 68.2 Å². The molecule has 0 spiro atoms. The van der Waals surface area contributed by atoms with Crippen molar-refractivity contribution >= 4 is 5.78 Å². The number of Topliss-reactive ketones (excluding diaryl/α,β-unsaturated/α-hetero) is 1. The SMILES string of the molecule is CCC1CC2CCC1CC2=O. The van der Waals surface area contributed by atoms with Gasteiger partial charge in [-0.1, -0.05) is 13.3 Å². The normalized spacial score (nSPS) is 43.0. The van der Waals surface area contributed by atoms with Crippen LogP contribution in [0.5, 0.6) is 0 Å². The summed E-state index contributed by atoms with van der Waals surface area (Å²) in [5.41, 5.74) is 0. The van der Waals surface area contributed by atoms with E-state index in [1.807, 2.05) is 0 Å². The number of rotatable bonds is 1. The van der Waals surface area contributed by atoms with Gasteiger partial charge in [-0.2, -0.15) is 0 Å². The van der Waals surface area contributed by atoms with Crippen LogP contribution in [0.2, 0.25) is 0 Å². The van der Waals surface area contributed by atoms with Crippen molar-refractivity contribution in [2.45, 2.75) is 39.0 Å². The molecule has 3 saturated carbocycles. The summed E-state index contributed by atoms with van der Waals surface area (Å²) in [7, 11) is 0. The maximum Gasteiger partial charge on any atom is 0.136 e. The first kappa shape index (κ1) is 7.33. The summed E-state index contributed by atoms with van der Waals surface area (Å²) < 4.78 is 0. The standard InChI is InChI=1S/C10H16O/c1-2-7-5-9-4-3-8(7)6-10(9)11/h7-9H,2-6H2,1H3. The number of carbonyl (C=O) groups excluding carboxylic acids is 1. The molecule has 0 aromatic carbocycles. The highest BCUT2D eigenvalue weighted by Gasteiger charge is 2.39. The van der Waals surface area contributed by atoms with E-state index >= 15 is 0 Å². The Balaban J connectivity index is 2.10. The van der Waals surface area contributed by atoms with Crippen molar-refractivity contribution in [2.24, 2.45) is 17.8 Å². The Morgan fingerprint density at radius 1 is 1.45 bits per heavy atom. The van der Waals surface area contributed by atoms with Crippen LogP contribution in [0.3, 0.4) is 0 Å². The number of carbonyl (C=O) groups is 1. The molecule has 3 aliphatic carbocycles. The molecular formula is C10H16O. The van der Waals surface area contributed by atoms with Crippen molar-refractivity contribution in [3.63, 3.8) is 0 Å². The average molecular weight is 152 g/mol. The van der Waals surface area contributed by atoms with Crippen LogP contribution in [0, 0.1) is 17.8 Å². The lowest BCUT2D eigenvalue weighted by molar-refractivity contribution is -0.131. The van der Waals surface area contributed by atoms with Gasteiger partial charge in [0.25, 0.3) is 0 Å². The second kappa shape index (κ2) is 2.62. The van der Waals surface area contributed by atoms with Crippen molar-refractivity contribution in [1.82, 2.24) is 0 Å². The largest absolute Gasteiger partial charge is 0.299 e. The lowest BCUT2D eigenvalue weighted by Crippen LogP contribution is -2.37. The highest BCUT2D eigenvalue weighted by atomic mass is 16.1. The zero-order valence-electron chi connectivity index (χ0n) is 7.18. The number of ketones is 1. The quantitative estimate of drug-likeness (QED) is 0.564. The second-order valence-electron chi connectivity index (χ2n) is 4.11. The highest BCUT2D eigenvalue weighted by molar-refractivity contribution is 5.82. The molecule has 11 heavy (non-hydrogen) atoms. The zero-order chi connectivity index (χ0) is 7.84. The van der Waals surface area contributed by atoms with Crippen LogP contribution in [0.25, 0.3) is 0 Å². The smallest absolute Gasteiger partial charge is 0.136 e. The van der Waals surface area contributed by atoms with E-state index in [2.05, 4.69) is 6.92 Å². The van der Waals surface area contributed by atoms with Crippen molar-refractivity contribution in [3.05, 3.63) is 0 Å². The Morgan fingerprint density at radius 2 is 2.27 bits per heavy atom. The average Bonchev–Trinajstić information content (AvgIpc) is 2.05. The fourth-order valence-corrected chi connectivity index (χ4v) is 2.81. The fraction of sp³-hybridized carbons (Fsp3) is 0.900. The summed E-state index contributed by atoms with van der Waals surface area (Å²) in [6, 6.07) is 0. The van der Waals surface area contributed by atoms with E-state index < -0.39 is 0 Å². The van der Waals surface area contributed by atoms with Crippen LogP contribution in [0.1, 0.15) is 39.0 Å². The molecule has 1 heteroatoms. The molecule has 0 saturated heterocycles. The number of hydrogen-bond acceptors (Lipinski definition) is 1. The van der Waals surface area contributed by atoms with Gasteiger partial charge >= 0.3 is 0 Å². The van der Waals surface area contributed by atoms with Crippen LogP contribution >= 0.6 is 0 Å². The van der Waals surface area contributed by atoms with E-state index in [0.717, 1.165) is 18.3 Å². The van der Waals surface area contributed by atoms with Gasteiger partial charge in [-0.15, -0.1) is 0 Å². The molecular weight excluding hydrogens is 136 g/mol. The molecule has 3 aliphatic rings. The van der Waals surface area contributed by atoms with Gasteiger partial charge in [-0.3, -0.25) is 4.79 Å². The topological polar surface area (TPSA) is 17.1 Å². The molecule has 0 aliphatic heterocycles. The Morgan fingerprint density at radius 3 is 2.73 bits per heavy atom. The first-order valence-corrected chi connectivity index (χ1v) is 4.84. The highest BCUT2D eigenvalue weighted by Crippen LogP contribution is 2.44. The molecule has 62 valence electrons. The minimum absolute atomic E-state index is 0.463. The Kier molecular flexibility index (Phi) is 1.74. The van der Waals surface area contributed by atoms with Crippen LogP contribution in [-0.4, -0.2) is 5.78 Å². The minimum Gasteiger partial charge on any atom is -0.299 e. The van der Waals surface area contributed by atoms with Crippen LogP contribution in [-0.2, 0) is 4.79 Å². The predicted molar refractivity (Wildman–Crippen MR) is 44.2 cm³/mol. The van der Waals surface area contributed by atoms with Crippen LogP contribution in [0.15, 0.2) is 0 Å². The summed E-state index contributed by atoms with van der Waals surface area (Å²) in [6.45, 7) is 2.26. The molecule has 0 heterocycles. The van der Waals surface area contributed by atoms with Gasteiger partial charge in [0, 0.05) is 12.3 Å². The molecule has 0 amide bonds. The Bertz CT molecular complexity index is 174. The molecule has 0 aromatic rings. The first-order chi connectivity index (χ1) is 5.31. The molecule has 0 N–H and O–H groups in total. The van der Waals surface area contributed by atoms with Gasteiger partial charge in [0.1, 0.15) is 5.78 Å². The maximum absolute atomic E-state index is 11.3.